The van der Waals surface area contributed by atoms with Crippen molar-refractivity contribution in [2.24, 2.45) is 11.8 Å². The fraction of sp³-hybridized carbons (Fsp3) is 0.600. The average Bonchev–Trinajstić information content (AvgIpc) is 2.48. The molecule has 0 heterocycles. The van der Waals surface area contributed by atoms with Crippen LogP contribution in [0.15, 0.2) is 27.6 Å². The Labute approximate surface area is 135 Å². The zero-order chi connectivity index (χ0) is 15.5. The molecule has 3 N–H and O–H groups in total. The first-order valence-corrected chi connectivity index (χ1v) is 9.74. The highest BCUT2D eigenvalue weighted by atomic mass is 79.9. The lowest BCUT2D eigenvalue weighted by Crippen LogP contribution is -2.31. The molecule has 21 heavy (non-hydrogen) atoms. The lowest BCUT2D eigenvalue weighted by Gasteiger charge is -2.27. The lowest BCUT2D eigenvalue weighted by atomic mass is 9.81. The summed E-state index contributed by atoms with van der Waals surface area (Å²) in [5.41, 5.74) is 6.06. The van der Waals surface area contributed by atoms with E-state index < -0.39 is 10.0 Å². The number of nitrogens with two attached hydrogens (primary N) is 1. The molecule has 0 spiro atoms. The largest absolute Gasteiger partial charge is 0.398 e. The van der Waals surface area contributed by atoms with Gasteiger partial charge in [-0.15, -0.1) is 0 Å². The number of anilines is 1. The van der Waals surface area contributed by atoms with Crippen molar-refractivity contribution in [1.82, 2.24) is 4.72 Å². The Balaban J connectivity index is 1.97. The van der Waals surface area contributed by atoms with Crippen molar-refractivity contribution >= 4 is 31.6 Å². The molecular weight excluding hydrogens is 352 g/mol. The van der Waals surface area contributed by atoms with Gasteiger partial charge in [-0.1, -0.05) is 42.1 Å². The Hall–Kier alpha value is -0.590. The average molecular weight is 375 g/mol. The summed E-state index contributed by atoms with van der Waals surface area (Å²) in [6.45, 7) is 2.73. The van der Waals surface area contributed by atoms with E-state index in [0.717, 1.165) is 18.8 Å². The first-order chi connectivity index (χ1) is 9.92. The number of nitrogen functional groups attached to an aromatic ring is 1. The predicted octanol–water partition coefficient (Wildman–Crippen LogP) is 3.53. The molecule has 6 heteroatoms. The number of halogens is 1. The zero-order valence-corrected chi connectivity index (χ0v) is 14.7. The van der Waals surface area contributed by atoms with Crippen molar-refractivity contribution in [3.8, 4) is 0 Å². The second-order valence-corrected chi connectivity index (χ2v) is 8.48. The maximum absolute atomic E-state index is 12.4. The van der Waals surface area contributed by atoms with Crippen LogP contribution in [0.4, 0.5) is 5.69 Å². The van der Waals surface area contributed by atoms with Crippen LogP contribution in [0.3, 0.4) is 0 Å². The van der Waals surface area contributed by atoms with Gasteiger partial charge in [0.1, 0.15) is 4.90 Å². The molecule has 0 saturated heterocycles. The van der Waals surface area contributed by atoms with Gasteiger partial charge in [-0.2, -0.15) is 0 Å². The molecule has 4 nitrogen and oxygen atoms in total. The van der Waals surface area contributed by atoms with Gasteiger partial charge in [-0.25, -0.2) is 13.1 Å². The van der Waals surface area contributed by atoms with Crippen molar-refractivity contribution in [2.45, 2.75) is 43.9 Å². The van der Waals surface area contributed by atoms with Gasteiger partial charge in [-0.3, -0.25) is 0 Å². The lowest BCUT2D eigenvalue weighted by molar-refractivity contribution is 0.270. The summed E-state index contributed by atoms with van der Waals surface area (Å²) in [7, 11) is -3.54. The monoisotopic (exact) mass is 374 g/mol. The fourth-order valence-electron chi connectivity index (χ4n) is 2.89. The standard InChI is InChI=1S/C15H23BrN2O2S/c1-2-11-3-5-12(6-4-11)10-18-21(19,20)15-9-13(16)7-8-14(15)17/h7-9,11-12,18H,2-6,10,17H2,1H3. The Kier molecular flexibility index (Phi) is 5.68. The molecule has 1 aromatic carbocycles. The number of sulfonamides is 1. The van der Waals surface area contributed by atoms with Crippen molar-refractivity contribution in [3.63, 3.8) is 0 Å². The van der Waals surface area contributed by atoms with Crippen LogP contribution in [-0.4, -0.2) is 15.0 Å². The molecule has 0 unspecified atom stereocenters. The highest BCUT2D eigenvalue weighted by Crippen LogP contribution is 2.30. The van der Waals surface area contributed by atoms with Crippen molar-refractivity contribution in [3.05, 3.63) is 22.7 Å². The van der Waals surface area contributed by atoms with E-state index in [1.165, 1.54) is 19.3 Å². The number of benzene rings is 1. The van der Waals surface area contributed by atoms with Crippen LogP contribution in [0.25, 0.3) is 0 Å². The number of hydrogen-bond donors (Lipinski definition) is 2. The van der Waals surface area contributed by atoms with Gasteiger partial charge in [0, 0.05) is 11.0 Å². The second-order valence-electron chi connectivity index (χ2n) is 5.83. The third kappa shape index (κ3) is 4.44. The second kappa shape index (κ2) is 7.11. The van der Waals surface area contributed by atoms with Crippen LogP contribution in [0, 0.1) is 11.8 Å². The highest BCUT2D eigenvalue weighted by molar-refractivity contribution is 9.10. The molecule has 0 atom stereocenters. The van der Waals surface area contributed by atoms with Gasteiger partial charge in [-0.05, 0) is 42.9 Å². The molecule has 2 rings (SSSR count). The van der Waals surface area contributed by atoms with Crippen LogP contribution >= 0.6 is 15.9 Å². The van der Waals surface area contributed by atoms with Gasteiger partial charge in [0.2, 0.25) is 10.0 Å². The Bertz CT molecular complexity index is 581. The van der Waals surface area contributed by atoms with E-state index in [4.69, 9.17) is 5.73 Å². The Morgan fingerprint density at radius 1 is 1.24 bits per heavy atom. The van der Waals surface area contributed by atoms with Crippen LogP contribution < -0.4 is 10.5 Å². The van der Waals surface area contributed by atoms with Crippen LogP contribution in [0.1, 0.15) is 39.0 Å². The van der Waals surface area contributed by atoms with E-state index in [0.29, 0.717) is 16.9 Å². The maximum Gasteiger partial charge on any atom is 0.242 e. The normalized spacial score (nSPS) is 23.1. The summed E-state index contributed by atoms with van der Waals surface area (Å²) < 4.78 is 28.1. The minimum atomic E-state index is -3.54. The van der Waals surface area contributed by atoms with E-state index in [-0.39, 0.29) is 10.6 Å². The molecule has 0 aromatic heterocycles. The van der Waals surface area contributed by atoms with E-state index in [1.807, 2.05) is 0 Å². The fourth-order valence-corrected chi connectivity index (χ4v) is 4.67. The number of rotatable bonds is 5. The van der Waals surface area contributed by atoms with Gasteiger partial charge in [0.25, 0.3) is 0 Å². The third-order valence-electron chi connectivity index (χ3n) is 4.37. The summed E-state index contributed by atoms with van der Waals surface area (Å²) in [5, 5.41) is 0. The topological polar surface area (TPSA) is 72.2 Å². The third-order valence-corrected chi connectivity index (χ3v) is 6.34. The Morgan fingerprint density at radius 3 is 2.48 bits per heavy atom. The summed E-state index contributed by atoms with van der Waals surface area (Å²) in [5.74, 6) is 1.26. The number of nitrogens with one attached hydrogen (secondary N) is 1. The highest BCUT2D eigenvalue weighted by Gasteiger charge is 2.23. The minimum Gasteiger partial charge on any atom is -0.398 e. The number of hydrogen-bond acceptors (Lipinski definition) is 3. The molecule has 1 aliphatic carbocycles. The van der Waals surface area contributed by atoms with E-state index in [9.17, 15) is 8.42 Å². The van der Waals surface area contributed by atoms with E-state index in [1.54, 1.807) is 18.2 Å². The first kappa shape index (κ1) is 16.8. The van der Waals surface area contributed by atoms with Crippen LogP contribution in [-0.2, 0) is 10.0 Å². The minimum absolute atomic E-state index is 0.152. The smallest absolute Gasteiger partial charge is 0.242 e. The van der Waals surface area contributed by atoms with Crippen LogP contribution in [0.5, 0.6) is 0 Å². The SMILES string of the molecule is CCC1CCC(CNS(=O)(=O)c2cc(Br)ccc2N)CC1. The molecule has 1 fully saturated rings. The van der Waals surface area contributed by atoms with E-state index in [2.05, 4.69) is 27.6 Å². The summed E-state index contributed by atoms with van der Waals surface area (Å²) in [6.07, 6.45) is 5.86. The molecule has 0 amide bonds. The van der Waals surface area contributed by atoms with Crippen molar-refractivity contribution < 1.29 is 8.42 Å². The predicted molar refractivity (Wildman–Crippen MR) is 89.5 cm³/mol. The van der Waals surface area contributed by atoms with Crippen molar-refractivity contribution in [1.29, 1.82) is 0 Å². The van der Waals surface area contributed by atoms with E-state index >= 15 is 0 Å². The van der Waals surface area contributed by atoms with Gasteiger partial charge in [0.15, 0.2) is 0 Å². The molecule has 0 aliphatic heterocycles. The molecule has 1 saturated carbocycles. The zero-order valence-electron chi connectivity index (χ0n) is 12.3. The first-order valence-electron chi connectivity index (χ1n) is 7.47. The summed E-state index contributed by atoms with van der Waals surface area (Å²) in [4.78, 5) is 0.152. The van der Waals surface area contributed by atoms with Gasteiger partial charge < -0.3 is 5.73 Å². The van der Waals surface area contributed by atoms with Crippen molar-refractivity contribution in [2.75, 3.05) is 12.3 Å². The van der Waals surface area contributed by atoms with Gasteiger partial charge >= 0.3 is 0 Å². The summed E-state index contributed by atoms with van der Waals surface area (Å²) >= 11 is 3.28. The van der Waals surface area contributed by atoms with Gasteiger partial charge in [0.05, 0.1) is 5.69 Å². The maximum atomic E-state index is 12.4. The molecular formula is C15H23BrN2O2S. The Morgan fingerprint density at radius 2 is 1.86 bits per heavy atom. The summed E-state index contributed by atoms with van der Waals surface area (Å²) in [6, 6.07) is 4.89. The quantitative estimate of drug-likeness (QED) is 0.774. The van der Waals surface area contributed by atoms with Crippen LogP contribution in [0.2, 0.25) is 0 Å². The molecule has 1 aliphatic rings. The molecule has 0 bridgehead atoms. The molecule has 118 valence electrons. The molecule has 0 radical (unpaired) electrons. The molecule has 1 aromatic rings.